The number of tetrazole rings is 1. The molecular formula is C17H23N7O2. The lowest BCUT2D eigenvalue weighted by molar-refractivity contribution is -0.136. The Labute approximate surface area is 151 Å². The van der Waals surface area contributed by atoms with Gasteiger partial charge in [0, 0.05) is 30.9 Å². The van der Waals surface area contributed by atoms with E-state index in [0.717, 1.165) is 30.8 Å². The third-order valence-electron chi connectivity index (χ3n) is 4.54. The Kier molecular flexibility index (Phi) is 5.27. The molecule has 2 amide bonds. The van der Waals surface area contributed by atoms with Crippen LogP contribution in [0.4, 0.5) is 5.69 Å². The number of benzene rings is 1. The number of aryl methyl sites for hydroxylation is 1. The number of anilines is 1. The first-order valence-electron chi connectivity index (χ1n) is 8.64. The number of rotatable bonds is 4. The van der Waals surface area contributed by atoms with E-state index >= 15 is 0 Å². The molecule has 1 aromatic heterocycles. The number of hydrogen-bond donors (Lipinski definition) is 2. The van der Waals surface area contributed by atoms with Gasteiger partial charge in [0.1, 0.15) is 6.33 Å². The fourth-order valence-corrected chi connectivity index (χ4v) is 3.07. The molecule has 0 bridgehead atoms. The lowest BCUT2D eigenvalue weighted by atomic mass is 10.2. The van der Waals surface area contributed by atoms with E-state index in [4.69, 9.17) is 0 Å². The molecule has 1 unspecified atom stereocenters. The molecule has 2 N–H and O–H groups in total. The normalized spacial score (nSPS) is 17.5. The summed E-state index contributed by atoms with van der Waals surface area (Å²) in [6.07, 6.45) is 2.35. The van der Waals surface area contributed by atoms with Crippen LogP contribution in [-0.4, -0.2) is 62.1 Å². The number of amides is 2. The SMILES string of the molecule is Cc1cc(NC(=O)C(=O)NC2CCN(C(C)C)C2)ccc1-n1cnnn1. The van der Waals surface area contributed by atoms with Gasteiger partial charge in [-0.2, -0.15) is 0 Å². The van der Waals surface area contributed by atoms with Crippen molar-refractivity contribution >= 4 is 17.5 Å². The van der Waals surface area contributed by atoms with E-state index in [0.29, 0.717) is 11.7 Å². The van der Waals surface area contributed by atoms with Crippen molar-refractivity contribution in [2.45, 2.75) is 39.3 Å². The minimum Gasteiger partial charge on any atom is -0.344 e. The van der Waals surface area contributed by atoms with Gasteiger partial charge in [0.05, 0.1) is 5.69 Å². The van der Waals surface area contributed by atoms with E-state index < -0.39 is 11.8 Å². The van der Waals surface area contributed by atoms with Crippen LogP contribution in [0, 0.1) is 6.92 Å². The number of nitrogens with one attached hydrogen (secondary N) is 2. The Hall–Kier alpha value is -2.81. The molecule has 9 nitrogen and oxygen atoms in total. The van der Waals surface area contributed by atoms with Crippen LogP contribution in [0.2, 0.25) is 0 Å². The zero-order valence-corrected chi connectivity index (χ0v) is 15.1. The Morgan fingerprint density at radius 2 is 2.08 bits per heavy atom. The van der Waals surface area contributed by atoms with Crippen LogP contribution < -0.4 is 10.6 Å². The fraction of sp³-hybridized carbons (Fsp3) is 0.471. The summed E-state index contributed by atoms with van der Waals surface area (Å²) < 4.78 is 1.54. The Bertz CT molecular complexity index is 788. The minimum absolute atomic E-state index is 0.0135. The zero-order valence-electron chi connectivity index (χ0n) is 15.1. The van der Waals surface area contributed by atoms with Crippen molar-refractivity contribution in [2.24, 2.45) is 0 Å². The summed E-state index contributed by atoms with van der Waals surface area (Å²) >= 11 is 0. The highest BCUT2D eigenvalue weighted by Gasteiger charge is 2.27. The van der Waals surface area contributed by atoms with Crippen molar-refractivity contribution in [3.8, 4) is 5.69 Å². The number of aromatic nitrogens is 4. The first kappa shape index (κ1) is 18.0. The van der Waals surface area contributed by atoms with E-state index in [-0.39, 0.29) is 6.04 Å². The standard InChI is InChI=1S/C17H23N7O2/c1-11(2)23-7-6-14(9-23)20-17(26)16(25)19-13-4-5-15(12(3)8-13)24-10-18-21-22-24/h4-5,8,10-11,14H,6-7,9H2,1-3H3,(H,19,25)(H,20,26). The van der Waals surface area contributed by atoms with E-state index in [1.54, 1.807) is 18.2 Å². The summed E-state index contributed by atoms with van der Waals surface area (Å²) in [5, 5.41) is 16.5. The van der Waals surface area contributed by atoms with E-state index in [2.05, 4.69) is 44.9 Å². The summed E-state index contributed by atoms with van der Waals surface area (Å²) in [6.45, 7) is 7.83. The second-order valence-corrected chi connectivity index (χ2v) is 6.76. The summed E-state index contributed by atoms with van der Waals surface area (Å²) in [6, 6.07) is 5.73. The zero-order chi connectivity index (χ0) is 18.7. The van der Waals surface area contributed by atoms with Crippen molar-refractivity contribution in [1.29, 1.82) is 0 Å². The highest BCUT2D eigenvalue weighted by Crippen LogP contribution is 2.18. The van der Waals surface area contributed by atoms with Crippen molar-refractivity contribution in [1.82, 2.24) is 30.4 Å². The Morgan fingerprint density at radius 3 is 2.69 bits per heavy atom. The molecule has 0 saturated carbocycles. The second-order valence-electron chi connectivity index (χ2n) is 6.76. The molecular weight excluding hydrogens is 334 g/mol. The van der Waals surface area contributed by atoms with Gasteiger partial charge in [-0.15, -0.1) is 5.10 Å². The maximum atomic E-state index is 12.2. The van der Waals surface area contributed by atoms with Crippen LogP contribution in [-0.2, 0) is 9.59 Å². The van der Waals surface area contributed by atoms with Gasteiger partial charge >= 0.3 is 11.8 Å². The van der Waals surface area contributed by atoms with E-state index in [9.17, 15) is 9.59 Å². The Morgan fingerprint density at radius 1 is 1.27 bits per heavy atom. The molecule has 1 aromatic carbocycles. The number of nitrogens with zero attached hydrogens (tertiary/aromatic N) is 5. The molecule has 2 aromatic rings. The van der Waals surface area contributed by atoms with Gasteiger partial charge in [-0.05, 0) is 61.4 Å². The molecule has 138 valence electrons. The predicted octanol–water partition coefficient (Wildman–Crippen LogP) is 0.508. The summed E-state index contributed by atoms with van der Waals surface area (Å²) in [5.41, 5.74) is 2.23. The monoisotopic (exact) mass is 357 g/mol. The Balaban J connectivity index is 1.58. The molecule has 9 heteroatoms. The summed E-state index contributed by atoms with van der Waals surface area (Å²) in [5.74, 6) is -1.27. The minimum atomic E-state index is -0.664. The lowest BCUT2D eigenvalue weighted by Crippen LogP contribution is -2.43. The van der Waals surface area contributed by atoms with Crippen LogP contribution >= 0.6 is 0 Å². The topological polar surface area (TPSA) is 105 Å². The van der Waals surface area contributed by atoms with Gasteiger partial charge < -0.3 is 10.6 Å². The maximum absolute atomic E-state index is 12.2. The largest absolute Gasteiger partial charge is 0.344 e. The number of hydrogen-bond acceptors (Lipinski definition) is 6. The van der Waals surface area contributed by atoms with Crippen molar-refractivity contribution < 1.29 is 9.59 Å². The van der Waals surface area contributed by atoms with Gasteiger partial charge in [0.15, 0.2) is 0 Å². The first-order valence-corrected chi connectivity index (χ1v) is 8.64. The van der Waals surface area contributed by atoms with Crippen LogP contribution in [0.3, 0.4) is 0 Å². The second kappa shape index (κ2) is 7.61. The smallest absolute Gasteiger partial charge is 0.313 e. The molecule has 1 atom stereocenters. The quantitative estimate of drug-likeness (QED) is 0.773. The average Bonchev–Trinajstić information content (AvgIpc) is 3.26. The molecule has 0 radical (unpaired) electrons. The highest BCUT2D eigenvalue weighted by molar-refractivity contribution is 6.39. The highest BCUT2D eigenvalue weighted by atomic mass is 16.2. The molecule has 1 fully saturated rings. The third kappa shape index (κ3) is 4.05. The summed E-state index contributed by atoms with van der Waals surface area (Å²) in [4.78, 5) is 26.6. The molecule has 1 aliphatic heterocycles. The van der Waals surface area contributed by atoms with Gasteiger partial charge in [-0.1, -0.05) is 0 Å². The van der Waals surface area contributed by atoms with Crippen LogP contribution in [0.15, 0.2) is 24.5 Å². The van der Waals surface area contributed by atoms with Gasteiger partial charge in [-0.25, -0.2) is 4.68 Å². The number of carbonyl (C=O) groups is 2. The predicted molar refractivity (Wildman–Crippen MR) is 95.8 cm³/mol. The molecule has 3 rings (SSSR count). The molecule has 26 heavy (non-hydrogen) atoms. The first-order chi connectivity index (χ1) is 12.4. The fourth-order valence-electron chi connectivity index (χ4n) is 3.07. The van der Waals surface area contributed by atoms with Crippen molar-refractivity contribution in [2.75, 3.05) is 18.4 Å². The lowest BCUT2D eigenvalue weighted by Gasteiger charge is -2.20. The van der Waals surface area contributed by atoms with E-state index in [1.807, 2.05) is 6.92 Å². The molecule has 0 spiro atoms. The van der Waals surface area contributed by atoms with Crippen molar-refractivity contribution in [3.05, 3.63) is 30.1 Å². The summed E-state index contributed by atoms with van der Waals surface area (Å²) in [7, 11) is 0. The van der Waals surface area contributed by atoms with Crippen LogP contribution in [0.1, 0.15) is 25.8 Å². The average molecular weight is 357 g/mol. The number of carbonyl (C=O) groups excluding carboxylic acids is 2. The van der Waals surface area contributed by atoms with Gasteiger partial charge in [0.25, 0.3) is 0 Å². The van der Waals surface area contributed by atoms with Crippen LogP contribution in [0.5, 0.6) is 0 Å². The molecule has 2 heterocycles. The third-order valence-corrected chi connectivity index (χ3v) is 4.54. The van der Waals surface area contributed by atoms with Crippen LogP contribution in [0.25, 0.3) is 5.69 Å². The molecule has 1 aliphatic rings. The van der Waals surface area contributed by atoms with Gasteiger partial charge in [0.2, 0.25) is 0 Å². The number of likely N-dealkylation sites (tertiary alicyclic amines) is 1. The maximum Gasteiger partial charge on any atom is 0.313 e. The molecule has 1 saturated heterocycles. The van der Waals surface area contributed by atoms with Crippen molar-refractivity contribution in [3.63, 3.8) is 0 Å². The molecule has 0 aliphatic carbocycles. The van der Waals surface area contributed by atoms with Gasteiger partial charge in [-0.3, -0.25) is 14.5 Å². The van der Waals surface area contributed by atoms with E-state index in [1.165, 1.54) is 11.0 Å².